The molecule has 1 saturated heterocycles. The molecule has 3 heteroatoms. The molecule has 0 aliphatic carbocycles. The quantitative estimate of drug-likeness (QED) is 0.609. The summed E-state index contributed by atoms with van der Waals surface area (Å²) in [6.07, 6.45) is 7.72. The molecular weight excluding hydrogens is 284 g/mol. The van der Waals surface area contributed by atoms with Crippen LogP contribution >= 0.6 is 0 Å². The van der Waals surface area contributed by atoms with Crippen molar-refractivity contribution in [1.82, 2.24) is 5.32 Å². The molecule has 3 nitrogen and oxygen atoms in total. The first-order valence-corrected chi connectivity index (χ1v) is 9.52. The summed E-state index contributed by atoms with van der Waals surface area (Å²) in [6.45, 7) is 9.80. The molecular formula is C20H34N2O. The van der Waals surface area contributed by atoms with Gasteiger partial charge in [-0.05, 0) is 44.0 Å². The molecule has 1 atom stereocenters. The van der Waals surface area contributed by atoms with Gasteiger partial charge in [-0.3, -0.25) is 0 Å². The number of nitrogens with zero attached hydrogens (tertiary/aromatic N) is 1. The van der Waals surface area contributed by atoms with E-state index in [1.54, 1.807) is 0 Å². The molecule has 0 aromatic heterocycles. The van der Waals surface area contributed by atoms with Gasteiger partial charge in [0.25, 0.3) is 0 Å². The summed E-state index contributed by atoms with van der Waals surface area (Å²) in [5.41, 5.74) is 1.31. The van der Waals surface area contributed by atoms with Gasteiger partial charge in [0, 0.05) is 24.8 Å². The van der Waals surface area contributed by atoms with Crippen LogP contribution in [-0.4, -0.2) is 32.8 Å². The Labute approximate surface area is 142 Å². The average molecular weight is 319 g/mol. The van der Waals surface area contributed by atoms with Crippen LogP contribution in [0.3, 0.4) is 0 Å². The SMILES string of the molecule is CCCCCCCOc1cccc(N2CCC(CNCC)C2)c1. The van der Waals surface area contributed by atoms with Crippen LogP contribution in [0.25, 0.3) is 0 Å². The molecule has 0 radical (unpaired) electrons. The van der Waals surface area contributed by atoms with E-state index < -0.39 is 0 Å². The Balaban J connectivity index is 1.74. The van der Waals surface area contributed by atoms with Crippen molar-refractivity contribution >= 4 is 5.69 Å². The fourth-order valence-electron chi connectivity index (χ4n) is 3.25. The fourth-order valence-corrected chi connectivity index (χ4v) is 3.25. The molecule has 1 unspecified atom stereocenters. The normalized spacial score (nSPS) is 17.7. The van der Waals surface area contributed by atoms with Crippen molar-refractivity contribution in [3.05, 3.63) is 24.3 Å². The highest BCUT2D eigenvalue weighted by Crippen LogP contribution is 2.26. The van der Waals surface area contributed by atoms with Gasteiger partial charge in [0.15, 0.2) is 0 Å². The summed E-state index contributed by atoms with van der Waals surface area (Å²) in [6, 6.07) is 8.63. The van der Waals surface area contributed by atoms with Gasteiger partial charge in [-0.15, -0.1) is 0 Å². The lowest BCUT2D eigenvalue weighted by molar-refractivity contribution is 0.304. The fraction of sp³-hybridized carbons (Fsp3) is 0.700. The summed E-state index contributed by atoms with van der Waals surface area (Å²) in [5, 5.41) is 3.47. The molecule has 130 valence electrons. The van der Waals surface area contributed by atoms with E-state index in [0.717, 1.165) is 44.5 Å². The zero-order valence-electron chi connectivity index (χ0n) is 15.0. The Bertz CT molecular complexity index is 435. The second-order valence-electron chi connectivity index (χ2n) is 6.67. The lowest BCUT2D eigenvalue weighted by Crippen LogP contribution is -2.26. The topological polar surface area (TPSA) is 24.5 Å². The van der Waals surface area contributed by atoms with E-state index in [1.807, 2.05) is 0 Å². The van der Waals surface area contributed by atoms with Crippen LogP contribution in [0.4, 0.5) is 5.69 Å². The molecule has 0 spiro atoms. The van der Waals surface area contributed by atoms with Crippen molar-refractivity contribution in [3.63, 3.8) is 0 Å². The van der Waals surface area contributed by atoms with Gasteiger partial charge in [0.2, 0.25) is 0 Å². The molecule has 2 rings (SSSR count). The molecule has 0 amide bonds. The summed E-state index contributed by atoms with van der Waals surface area (Å²) in [4.78, 5) is 2.50. The predicted octanol–water partition coefficient (Wildman–Crippen LogP) is 4.47. The monoisotopic (exact) mass is 318 g/mol. The van der Waals surface area contributed by atoms with Crippen LogP contribution in [-0.2, 0) is 0 Å². The smallest absolute Gasteiger partial charge is 0.121 e. The maximum atomic E-state index is 5.94. The molecule has 1 N–H and O–H groups in total. The van der Waals surface area contributed by atoms with E-state index in [2.05, 4.69) is 48.3 Å². The van der Waals surface area contributed by atoms with Crippen molar-refractivity contribution in [1.29, 1.82) is 0 Å². The molecule has 1 aliphatic rings. The van der Waals surface area contributed by atoms with E-state index in [9.17, 15) is 0 Å². The molecule has 23 heavy (non-hydrogen) atoms. The summed E-state index contributed by atoms with van der Waals surface area (Å²) >= 11 is 0. The van der Waals surface area contributed by atoms with Crippen LogP contribution in [0.2, 0.25) is 0 Å². The first-order valence-electron chi connectivity index (χ1n) is 9.52. The minimum Gasteiger partial charge on any atom is -0.494 e. The first kappa shape index (κ1) is 18.1. The Morgan fingerprint density at radius 3 is 2.87 bits per heavy atom. The molecule has 1 heterocycles. The minimum absolute atomic E-state index is 0.776. The molecule has 1 aromatic carbocycles. The second-order valence-corrected chi connectivity index (χ2v) is 6.67. The maximum Gasteiger partial charge on any atom is 0.121 e. The number of hydrogen-bond acceptors (Lipinski definition) is 3. The molecule has 0 saturated carbocycles. The van der Waals surface area contributed by atoms with Gasteiger partial charge in [0.05, 0.1) is 6.61 Å². The first-order chi connectivity index (χ1) is 11.3. The third-order valence-corrected chi connectivity index (χ3v) is 4.67. The van der Waals surface area contributed by atoms with E-state index in [-0.39, 0.29) is 0 Å². The summed E-state index contributed by atoms with van der Waals surface area (Å²) in [7, 11) is 0. The van der Waals surface area contributed by atoms with E-state index in [0.29, 0.717) is 0 Å². The van der Waals surface area contributed by atoms with Crippen molar-refractivity contribution in [2.75, 3.05) is 37.7 Å². The maximum absolute atomic E-state index is 5.94. The van der Waals surface area contributed by atoms with Gasteiger partial charge >= 0.3 is 0 Å². The van der Waals surface area contributed by atoms with Crippen molar-refractivity contribution in [2.24, 2.45) is 5.92 Å². The number of nitrogens with one attached hydrogen (secondary N) is 1. The van der Waals surface area contributed by atoms with Crippen LogP contribution < -0.4 is 15.0 Å². The van der Waals surface area contributed by atoms with Gasteiger partial charge in [-0.25, -0.2) is 0 Å². The zero-order valence-corrected chi connectivity index (χ0v) is 15.0. The van der Waals surface area contributed by atoms with Crippen molar-refractivity contribution in [2.45, 2.75) is 52.4 Å². The number of unbranched alkanes of at least 4 members (excludes halogenated alkanes) is 4. The van der Waals surface area contributed by atoms with Crippen LogP contribution in [0.5, 0.6) is 5.75 Å². The number of ether oxygens (including phenoxy) is 1. The van der Waals surface area contributed by atoms with Gasteiger partial charge in [-0.2, -0.15) is 0 Å². The van der Waals surface area contributed by atoms with Crippen molar-refractivity contribution < 1.29 is 4.74 Å². The van der Waals surface area contributed by atoms with Crippen molar-refractivity contribution in [3.8, 4) is 5.75 Å². The Hall–Kier alpha value is -1.22. The molecule has 1 aliphatic heterocycles. The Kier molecular flexibility index (Phi) is 8.30. The standard InChI is InChI=1S/C20H34N2O/c1-3-5-6-7-8-14-23-20-11-9-10-19(15-20)22-13-12-18(17-22)16-21-4-2/h9-11,15,18,21H,3-8,12-14,16-17H2,1-2H3. The Morgan fingerprint density at radius 1 is 1.17 bits per heavy atom. The number of hydrogen-bond donors (Lipinski definition) is 1. The zero-order chi connectivity index (χ0) is 16.3. The van der Waals surface area contributed by atoms with E-state index in [1.165, 1.54) is 44.2 Å². The molecule has 0 bridgehead atoms. The van der Waals surface area contributed by atoms with Crippen LogP contribution in [0.1, 0.15) is 52.4 Å². The largest absolute Gasteiger partial charge is 0.494 e. The number of benzene rings is 1. The highest BCUT2D eigenvalue weighted by atomic mass is 16.5. The predicted molar refractivity (Wildman–Crippen MR) is 99.6 cm³/mol. The minimum atomic E-state index is 0.776. The number of rotatable bonds is 11. The lowest BCUT2D eigenvalue weighted by atomic mass is 10.1. The van der Waals surface area contributed by atoms with E-state index in [4.69, 9.17) is 4.74 Å². The molecule has 1 fully saturated rings. The third-order valence-electron chi connectivity index (χ3n) is 4.67. The summed E-state index contributed by atoms with van der Waals surface area (Å²) in [5.74, 6) is 1.80. The molecule has 1 aromatic rings. The lowest BCUT2D eigenvalue weighted by Gasteiger charge is -2.20. The summed E-state index contributed by atoms with van der Waals surface area (Å²) < 4.78 is 5.94. The number of anilines is 1. The van der Waals surface area contributed by atoms with Gasteiger partial charge in [-0.1, -0.05) is 45.6 Å². The Morgan fingerprint density at radius 2 is 2.04 bits per heavy atom. The highest BCUT2D eigenvalue weighted by molar-refractivity contribution is 5.51. The average Bonchev–Trinajstić information content (AvgIpc) is 3.05. The second kappa shape index (κ2) is 10.5. The van der Waals surface area contributed by atoms with Gasteiger partial charge in [0.1, 0.15) is 5.75 Å². The highest BCUT2D eigenvalue weighted by Gasteiger charge is 2.22. The van der Waals surface area contributed by atoms with Crippen LogP contribution in [0, 0.1) is 5.92 Å². The van der Waals surface area contributed by atoms with E-state index >= 15 is 0 Å². The van der Waals surface area contributed by atoms with Gasteiger partial charge < -0.3 is 15.0 Å². The third kappa shape index (κ3) is 6.42. The van der Waals surface area contributed by atoms with Crippen LogP contribution in [0.15, 0.2) is 24.3 Å².